The van der Waals surface area contributed by atoms with Crippen molar-refractivity contribution in [1.29, 1.82) is 0 Å². The van der Waals surface area contributed by atoms with Crippen LogP contribution in [-0.2, 0) is 22.6 Å². The van der Waals surface area contributed by atoms with Gasteiger partial charge < -0.3 is 10.2 Å². The van der Waals surface area contributed by atoms with Gasteiger partial charge in [-0.2, -0.15) is 0 Å². The van der Waals surface area contributed by atoms with Crippen molar-refractivity contribution in [2.45, 2.75) is 32.4 Å². The lowest BCUT2D eigenvalue weighted by atomic mass is 9.91. The molecule has 1 N–H and O–H groups in total. The van der Waals surface area contributed by atoms with E-state index in [1.807, 2.05) is 49.4 Å². The molecule has 2 aromatic carbocycles. The summed E-state index contributed by atoms with van der Waals surface area (Å²) in [6.45, 7) is 2.72. The molecule has 1 atom stereocenters. The van der Waals surface area contributed by atoms with Crippen molar-refractivity contribution in [2.75, 3.05) is 6.54 Å². The molecule has 0 spiro atoms. The van der Waals surface area contributed by atoms with Crippen molar-refractivity contribution in [3.05, 3.63) is 70.2 Å². The van der Waals surface area contributed by atoms with Crippen molar-refractivity contribution in [1.82, 2.24) is 10.2 Å². The first-order valence-electron chi connectivity index (χ1n) is 8.50. The number of fused-ring (bicyclic) bond motifs is 1. The van der Waals surface area contributed by atoms with Gasteiger partial charge in [0.1, 0.15) is 6.04 Å². The second kappa shape index (κ2) is 7.70. The molecular formula is C20H21ClN2O2. The molecule has 25 heavy (non-hydrogen) atoms. The van der Waals surface area contributed by atoms with Gasteiger partial charge in [-0.1, -0.05) is 61.0 Å². The minimum Gasteiger partial charge on any atom is -0.350 e. The number of halogens is 1. The Bertz CT molecular complexity index is 791. The molecule has 1 aliphatic rings. The van der Waals surface area contributed by atoms with Gasteiger partial charge in [-0.25, -0.2) is 0 Å². The first-order chi connectivity index (χ1) is 12.1. The summed E-state index contributed by atoms with van der Waals surface area (Å²) in [6, 6.07) is 14.7. The smallest absolute Gasteiger partial charge is 0.247 e. The molecule has 1 aliphatic heterocycles. The third kappa shape index (κ3) is 3.69. The number of amides is 2. The Balaban J connectivity index is 1.84. The summed E-state index contributed by atoms with van der Waals surface area (Å²) in [5.74, 6) is -0.179. The van der Waals surface area contributed by atoms with Crippen molar-refractivity contribution in [3.8, 4) is 0 Å². The second-order valence-corrected chi connectivity index (χ2v) is 6.51. The highest BCUT2D eigenvalue weighted by molar-refractivity contribution is 6.31. The summed E-state index contributed by atoms with van der Waals surface area (Å²) < 4.78 is 0. The van der Waals surface area contributed by atoms with Crippen LogP contribution in [0.25, 0.3) is 0 Å². The summed E-state index contributed by atoms with van der Waals surface area (Å²) in [7, 11) is 0. The van der Waals surface area contributed by atoms with E-state index in [-0.39, 0.29) is 11.8 Å². The van der Waals surface area contributed by atoms with Crippen molar-refractivity contribution >= 4 is 23.4 Å². The van der Waals surface area contributed by atoms with E-state index in [1.165, 1.54) is 0 Å². The topological polar surface area (TPSA) is 49.4 Å². The third-order valence-corrected chi connectivity index (χ3v) is 4.93. The predicted octanol–water partition coefficient (Wildman–Crippen LogP) is 3.49. The van der Waals surface area contributed by atoms with Gasteiger partial charge in [0.2, 0.25) is 11.8 Å². The molecule has 3 rings (SSSR count). The molecule has 0 aliphatic carbocycles. The monoisotopic (exact) mass is 356 g/mol. The molecule has 0 saturated heterocycles. The summed E-state index contributed by atoms with van der Waals surface area (Å²) in [5, 5.41) is 3.56. The molecule has 0 radical (unpaired) electrons. The number of hydrogen-bond acceptors (Lipinski definition) is 2. The average Bonchev–Trinajstić information content (AvgIpc) is 2.65. The van der Waals surface area contributed by atoms with Gasteiger partial charge in [-0.3, -0.25) is 9.59 Å². The lowest BCUT2D eigenvalue weighted by Gasteiger charge is -2.36. The second-order valence-electron chi connectivity index (χ2n) is 6.10. The van der Waals surface area contributed by atoms with Crippen molar-refractivity contribution < 1.29 is 9.59 Å². The number of hydrogen-bond donors (Lipinski definition) is 1. The lowest BCUT2D eigenvalue weighted by molar-refractivity contribution is -0.141. The first-order valence-corrected chi connectivity index (χ1v) is 8.88. The van der Waals surface area contributed by atoms with E-state index in [4.69, 9.17) is 11.6 Å². The average molecular weight is 357 g/mol. The van der Waals surface area contributed by atoms with Crippen LogP contribution >= 0.6 is 11.6 Å². The maximum absolute atomic E-state index is 12.9. The van der Waals surface area contributed by atoms with E-state index in [0.717, 1.165) is 23.1 Å². The maximum atomic E-state index is 12.9. The molecule has 0 unspecified atom stereocenters. The zero-order valence-corrected chi connectivity index (χ0v) is 14.9. The van der Waals surface area contributed by atoms with Crippen LogP contribution in [0.5, 0.6) is 0 Å². The van der Waals surface area contributed by atoms with Crippen LogP contribution in [0, 0.1) is 0 Å². The number of carbonyl (C=O) groups excluding carboxylic acids is 2. The molecule has 0 fully saturated rings. The fourth-order valence-corrected chi connectivity index (χ4v) is 3.44. The van der Waals surface area contributed by atoms with Gasteiger partial charge >= 0.3 is 0 Å². The highest BCUT2D eigenvalue weighted by Crippen LogP contribution is 2.30. The zero-order chi connectivity index (χ0) is 17.8. The van der Waals surface area contributed by atoms with Gasteiger partial charge in [-0.15, -0.1) is 0 Å². The Hall–Kier alpha value is -2.33. The molecule has 2 amide bonds. The Morgan fingerprint density at radius 3 is 2.64 bits per heavy atom. The molecule has 0 aromatic heterocycles. The highest BCUT2D eigenvalue weighted by Gasteiger charge is 2.34. The largest absolute Gasteiger partial charge is 0.350 e. The van der Waals surface area contributed by atoms with Crippen molar-refractivity contribution in [2.24, 2.45) is 0 Å². The van der Waals surface area contributed by atoms with Crippen LogP contribution in [0.3, 0.4) is 0 Å². The van der Waals surface area contributed by atoms with E-state index >= 15 is 0 Å². The van der Waals surface area contributed by atoms with Gasteiger partial charge in [0.25, 0.3) is 0 Å². The molecule has 5 heteroatoms. The van der Waals surface area contributed by atoms with E-state index in [2.05, 4.69) is 5.32 Å². The maximum Gasteiger partial charge on any atom is 0.247 e. The Labute approximate surface area is 152 Å². The van der Waals surface area contributed by atoms with Gasteiger partial charge in [0, 0.05) is 24.5 Å². The standard InChI is InChI=1S/C20H21ClN2O2/c1-2-18(24)23-12-11-14-7-3-5-9-16(14)19(23)20(25)22-13-15-8-4-6-10-17(15)21/h3-10,19H,2,11-13H2,1H3,(H,22,25)/t19-/m0/s1. The van der Waals surface area contributed by atoms with Crippen LogP contribution in [-0.4, -0.2) is 23.3 Å². The zero-order valence-electron chi connectivity index (χ0n) is 14.2. The fourth-order valence-electron chi connectivity index (χ4n) is 3.24. The van der Waals surface area contributed by atoms with Crippen LogP contribution in [0.1, 0.15) is 36.1 Å². The van der Waals surface area contributed by atoms with E-state index in [1.54, 1.807) is 11.0 Å². The molecule has 130 valence electrons. The quantitative estimate of drug-likeness (QED) is 0.911. The summed E-state index contributed by atoms with van der Waals surface area (Å²) in [5.41, 5.74) is 2.89. The van der Waals surface area contributed by atoms with Crippen LogP contribution < -0.4 is 5.32 Å². The van der Waals surface area contributed by atoms with Gasteiger partial charge in [0.05, 0.1) is 0 Å². The Kier molecular flexibility index (Phi) is 5.39. The van der Waals surface area contributed by atoms with Crippen LogP contribution in [0.2, 0.25) is 5.02 Å². The van der Waals surface area contributed by atoms with Gasteiger partial charge in [0.15, 0.2) is 0 Å². The van der Waals surface area contributed by atoms with E-state index in [0.29, 0.717) is 24.5 Å². The minimum atomic E-state index is -0.583. The summed E-state index contributed by atoms with van der Waals surface area (Å²) in [6.07, 6.45) is 1.16. The minimum absolute atomic E-state index is 0.00704. The summed E-state index contributed by atoms with van der Waals surface area (Å²) in [4.78, 5) is 27.0. The number of nitrogens with one attached hydrogen (secondary N) is 1. The third-order valence-electron chi connectivity index (χ3n) is 4.57. The number of benzene rings is 2. The molecule has 4 nitrogen and oxygen atoms in total. The number of rotatable bonds is 4. The van der Waals surface area contributed by atoms with Crippen molar-refractivity contribution in [3.63, 3.8) is 0 Å². The van der Waals surface area contributed by atoms with E-state index in [9.17, 15) is 9.59 Å². The molecule has 0 saturated carbocycles. The predicted molar refractivity (Wildman–Crippen MR) is 98.2 cm³/mol. The summed E-state index contributed by atoms with van der Waals surface area (Å²) >= 11 is 6.16. The highest BCUT2D eigenvalue weighted by atomic mass is 35.5. The number of carbonyl (C=O) groups is 2. The SMILES string of the molecule is CCC(=O)N1CCc2ccccc2[C@H]1C(=O)NCc1ccccc1Cl. The molecule has 0 bridgehead atoms. The lowest BCUT2D eigenvalue weighted by Crippen LogP contribution is -2.46. The first kappa shape index (κ1) is 17.5. The molecular weight excluding hydrogens is 336 g/mol. The fraction of sp³-hybridized carbons (Fsp3) is 0.300. The Morgan fingerprint density at radius 1 is 1.16 bits per heavy atom. The van der Waals surface area contributed by atoms with Crippen LogP contribution in [0.15, 0.2) is 48.5 Å². The van der Waals surface area contributed by atoms with Crippen LogP contribution in [0.4, 0.5) is 0 Å². The van der Waals surface area contributed by atoms with E-state index < -0.39 is 6.04 Å². The molecule has 2 aromatic rings. The Morgan fingerprint density at radius 2 is 1.88 bits per heavy atom. The number of nitrogens with zero attached hydrogens (tertiary/aromatic N) is 1. The van der Waals surface area contributed by atoms with Gasteiger partial charge in [-0.05, 0) is 29.2 Å². The molecule has 1 heterocycles. The normalized spacial score (nSPS) is 16.2.